The van der Waals surface area contributed by atoms with Gasteiger partial charge in [-0.3, -0.25) is 0 Å². The molecule has 1 fully saturated rings. The molecule has 2 aliphatic heterocycles. The van der Waals surface area contributed by atoms with Crippen LogP contribution in [0.3, 0.4) is 0 Å². The predicted molar refractivity (Wildman–Crippen MR) is 69.6 cm³/mol. The maximum atomic E-state index is 6.11. The number of fused-ring (bicyclic) bond motifs is 1. The van der Waals surface area contributed by atoms with E-state index in [2.05, 4.69) is 23.5 Å². The van der Waals surface area contributed by atoms with Gasteiger partial charge in [0.15, 0.2) is 0 Å². The third kappa shape index (κ3) is 2.01. The van der Waals surface area contributed by atoms with Crippen molar-refractivity contribution in [2.45, 2.75) is 25.4 Å². The van der Waals surface area contributed by atoms with E-state index in [1.807, 2.05) is 11.8 Å². The molecule has 1 unspecified atom stereocenters. The summed E-state index contributed by atoms with van der Waals surface area (Å²) in [5, 5.41) is 3.43. The first-order valence-electron chi connectivity index (χ1n) is 6.03. The third-order valence-electron chi connectivity index (χ3n) is 3.22. The summed E-state index contributed by atoms with van der Waals surface area (Å²) in [5.74, 6) is 3.50. The lowest BCUT2D eigenvalue weighted by atomic mass is 10.1. The van der Waals surface area contributed by atoms with Crippen LogP contribution in [-0.2, 0) is 6.42 Å². The second kappa shape index (κ2) is 4.58. The monoisotopic (exact) mass is 235 g/mol. The zero-order chi connectivity index (χ0) is 10.8. The zero-order valence-electron chi connectivity index (χ0n) is 9.37. The fourth-order valence-electron chi connectivity index (χ4n) is 2.39. The molecule has 1 saturated heterocycles. The second-order valence-electron chi connectivity index (χ2n) is 4.42. The molecular formula is C13H17NOS. The van der Waals surface area contributed by atoms with E-state index < -0.39 is 0 Å². The van der Waals surface area contributed by atoms with Crippen LogP contribution in [0.1, 0.15) is 18.4 Å². The largest absolute Gasteiger partial charge is 0.487 e. The van der Waals surface area contributed by atoms with Gasteiger partial charge < -0.3 is 10.1 Å². The third-order valence-corrected chi connectivity index (χ3v) is 4.41. The topological polar surface area (TPSA) is 21.3 Å². The van der Waals surface area contributed by atoms with Crippen LogP contribution in [0.5, 0.6) is 5.75 Å². The average Bonchev–Trinajstić information content (AvgIpc) is 2.80. The van der Waals surface area contributed by atoms with E-state index in [0.29, 0.717) is 6.10 Å². The van der Waals surface area contributed by atoms with Gasteiger partial charge in [-0.1, -0.05) is 12.1 Å². The first-order chi connectivity index (χ1) is 7.93. The highest BCUT2D eigenvalue weighted by Crippen LogP contribution is 2.34. The zero-order valence-corrected chi connectivity index (χ0v) is 10.2. The van der Waals surface area contributed by atoms with Crippen molar-refractivity contribution in [3.05, 3.63) is 23.8 Å². The number of benzene rings is 1. The van der Waals surface area contributed by atoms with Crippen LogP contribution in [0, 0.1) is 0 Å². The molecule has 1 N–H and O–H groups in total. The molecule has 0 aromatic heterocycles. The Kier molecular flexibility index (Phi) is 2.96. The van der Waals surface area contributed by atoms with Crippen LogP contribution in [-0.4, -0.2) is 24.2 Å². The van der Waals surface area contributed by atoms with Crippen molar-refractivity contribution in [1.29, 1.82) is 0 Å². The quantitative estimate of drug-likeness (QED) is 0.851. The van der Waals surface area contributed by atoms with Crippen molar-refractivity contribution in [2.75, 3.05) is 23.4 Å². The van der Waals surface area contributed by atoms with Gasteiger partial charge >= 0.3 is 0 Å². The van der Waals surface area contributed by atoms with Crippen LogP contribution >= 0.6 is 11.8 Å². The van der Waals surface area contributed by atoms with Crippen molar-refractivity contribution in [2.24, 2.45) is 0 Å². The molecule has 1 aromatic rings. The Bertz CT molecular complexity index is 374. The first kappa shape index (κ1) is 10.3. The van der Waals surface area contributed by atoms with Crippen LogP contribution in [0.4, 0.5) is 5.69 Å². The lowest BCUT2D eigenvalue weighted by Gasteiger charge is -2.23. The van der Waals surface area contributed by atoms with E-state index in [0.717, 1.165) is 24.5 Å². The summed E-state index contributed by atoms with van der Waals surface area (Å²) in [6, 6.07) is 6.39. The second-order valence-corrected chi connectivity index (χ2v) is 5.57. The van der Waals surface area contributed by atoms with Gasteiger partial charge in [-0.15, -0.1) is 0 Å². The summed E-state index contributed by atoms with van der Waals surface area (Å²) in [5.41, 5.74) is 2.64. The number of thioether (sulfide) groups is 1. The van der Waals surface area contributed by atoms with E-state index in [9.17, 15) is 0 Å². The summed E-state index contributed by atoms with van der Waals surface area (Å²) < 4.78 is 6.11. The van der Waals surface area contributed by atoms with Crippen LogP contribution in [0.15, 0.2) is 18.2 Å². The molecule has 0 radical (unpaired) electrons. The fourth-order valence-corrected chi connectivity index (χ4v) is 3.42. The van der Waals surface area contributed by atoms with E-state index in [-0.39, 0.29) is 0 Å². The molecule has 0 spiro atoms. The summed E-state index contributed by atoms with van der Waals surface area (Å²) in [6.45, 7) is 1.05. The highest BCUT2D eigenvalue weighted by molar-refractivity contribution is 7.99. The highest BCUT2D eigenvalue weighted by Gasteiger charge is 2.19. The summed E-state index contributed by atoms with van der Waals surface area (Å²) >= 11 is 2.01. The molecule has 3 rings (SSSR count). The first-order valence-corrected chi connectivity index (χ1v) is 7.19. The normalized spacial score (nSPS) is 23.6. The average molecular weight is 235 g/mol. The van der Waals surface area contributed by atoms with Crippen molar-refractivity contribution in [3.63, 3.8) is 0 Å². The predicted octanol–water partition coefficient (Wildman–Crippen LogP) is 2.93. The van der Waals surface area contributed by atoms with Gasteiger partial charge in [0.1, 0.15) is 11.9 Å². The minimum absolute atomic E-state index is 0.410. The lowest BCUT2D eigenvalue weighted by molar-refractivity contribution is 0.212. The smallest absolute Gasteiger partial charge is 0.143 e. The number of ether oxygens (including phenoxy) is 1. The van der Waals surface area contributed by atoms with E-state index in [1.54, 1.807) is 0 Å². The molecule has 2 aliphatic rings. The minimum atomic E-state index is 0.410. The van der Waals surface area contributed by atoms with Crippen LogP contribution in [0.2, 0.25) is 0 Å². The van der Waals surface area contributed by atoms with Crippen molar-refractivity contribution < 1.29 is 4.74 Å². The van der Waals surface area contributed by atoms with Crippen LogP contribution in [0.25, 0.3) is 0 Å². The highest BCUT2D eigenvalue weighted by atomic mass is 32.2. The SMILES string of the molecule is c1cc2c(c(OC3CCCSC3)c1)NCC2. The molecule has 0 bridgehead atoms. The van der Waals surface area contributed by atoms with E-state index in [1.165, 1.54) is 29.8 Å². The molecule has 16 heavy (non-hydrogen) atoms. The molecule has 3 heteroatoms. The standard InChI is InChI=1S/C13H17NOS/c1-3-10-6-7-14-13(10)12(5-1)15-11-4-2-8-16-9-11/h1,3,5,11,14H,2,4,6-9H2. The molecule has 0 amide bonds. The number of rotatable bonds is 2. The van der Waals surface area contributed by atoms with Crippen molar-refractivity contribution in [1.82, 2.24) is 0 Å². The molecule has 86 valence electrons. The Labute approximate surface area is 101 Å². The van der Waals surface area contributed by atoms with Crippen molar-refractivity contribution in [3.8, 4) is 5.75 Å². The Balaban J connectivity index is 1.76. The molecule has 0 saturated carbocycles. The maximum absolute atomic E-state index is 6.11. The lowest BCUT2D eigenvalue weighted by Crippen LogP contribution is -2.23. The Morgan fingerprint density at radius 1 is 1.38 bits per heavy atom. The molecule has 2 heterocycles. The Morgan fingerprint density at radius 2 is 2.38 bits per heavy atom. The van der Waals surface area contributed by atoms with E-state index in [4.69, 9.17) is 4.74 Å². The van der Waals surface area contributed by atoms with Gasteiger partial charge in [-0.05, 0) is 36.6 Å². The molecule has 0 aliphatic carbocycles. The summed E-state index contributed by atoms with van der Waals surface area (Å²) in [4.78, 5) is 0. The number of hydrogen-bond donors (Lipinski definition) is 1. The molecule has 1 atom stereocenters. The molecular weight excluding hydrogens is 218 g/mol. The van der Waals surface area contributed by atoms with Crippen molar-refractivity contribution >= 4 is 17.4 Å². The maximum Gasteiger partial charge on any atom is 0.143 e. The minimum Gasteiger partial charge on any atom is -0.487 e. The summed E-state index contributed by atoms with van der Waals surface area (Å²) in [6.07, 6.45) is 4.04. The van der Waals surface area contributed by atoms with Gasteiger partial charge in [0, 0.05) is 12.3 Å². The number of para-hydroxylation sites is 1. The number of anilines is 1. The number of nitrogens with one attached hydrogen (secondary N) is 1. The van der Waals surface area contributed by atoms with Gasteiger partial charge in [0.05, 0.1) is 5.69 Å². The van der Waals surface area contributed by atoms with Gasteiger partial charge in [0.2, 0.25) is 0 Å². The van der Waals surface area contributed by atoms with Gasteiger partial charge in [0.25, 0.3) is 0 Å². The Hall–Kier alpha value is -0.830. The fraction of sp³-hybridized carbons (Fsp3) is 0.538. The summed E-state index contributed by atoms with van der Waals surface area (Å²) in [7, 11) is 0. The van der Waals surface area contributed by atoms with Gasteiger partial charge in [-0.2, -0.15) is 11.8 Å². The number of hydrogen-bond acceptors (Lipinski definition) is 3. The van der Waals surface area contributed by atoms with Crippen LogP contribution < -0.4 is 10.1 Å². The molecule has 1 aromatic carbocycles. The van der Waals surface area contributed by atoms with Gasteiger partial charge in [-0.25, -0.2) is 0 Å². The molecule has 2 nitrogen and oxygen atoms in total. The van der Waals surface area contributed by atoms with E-state index >= 15 is 0 Å². The Morgan fingerprint density at radius 3 is 3.25 bits per heavy atom.